The Hall–Kier alpha value is -2.00. The van der Waals surface area contributed by atoms with Crippen LogP contribution >= 0.6 is 11.6 Å². The average Bonchev–Trinajstić information content (AvgIpc) is 2.46. The SMILES string of the molecule is COc1ccc(-c2ccc(Cl)cc2)c(OC)c1C=O. The second-order valence-corrected chi connectivity index (χ2v) is 4.32. The number of rotatable bonds is 4. The van der Waals surface area contributed by atoms with Gasteiger partial charge in [-0.25, -0.2) is 0 Å². The topological polar surface area (TPSA) is 35.5 Å². The number of methoxy groups -OCH3 is 2. The number of halogens is 1. The summed E-state index contributed by atoms with van der Waals surface area (Å²) in [5.41, 5.74) is 2.14. The lowest BCUT2D eigenvalue weighted by Gasteiger charge is -2.13. The highest BCUT2D eigenvalue weighted by Crippen LogP contribution is 2.37. The summed E-state index contributed by atoms with van der Waals surface area (Å²) in [7, 11) is 3.05. The number of ether oxygens (including phenoxy) is 2. The van der Waals surface area contributed by atoms with Crippen LogP contribution in [0.2, 0.25) is 5.02 Å². The number of hydrogen-bond acceptors (Lipinski definition) is 3. The Labute approximate surface area is 116 Å². The molecule has 3 nitrogen and oxygen atoms in total. The molecule has 0 saturated heterocycles. The van der Waals surface area contributed by atoms with Gasteiger partial charge in [0, 0.05) is 10.6 Å². The summed E-state index contributed by atoms with van der Waals surface area (Å²) in [4.78, 5) is 11.2. The minimum absolute atomic E-state index is 0.400. The van der Waals surface area contributed by atoms with Crippen LogP contribution in [0.3, 0.4) is 0 Å². The van der Waals surface area contributed by atoms with Crippen LogP contribution in [0.15, 0.2) is 36.4 Å². The molecule has 0 spiro atoms. The average molecular weight is 277 g/mol. The van der Waals surface area contributed by atoms with Crippen molar-refractivity contribution < 1.29 is 14.3 Å². The van der Waals surface area contributed by atoms with E-state index in [1.54, 1.807) is 18.2 Å². The maximum atomic E-state index is 11.2. The van der Waals surface area contributed by atoms with Crippen molar-refractivity contribution in [3.63, 3.8) is 0 Å². The van der Waals surface area contributed by atoms with Gasteiger partial charge in [-0.1, -0.05) is 23.7 Å². The van der Waals surface area contributed by atoms with Gasteiger partial charge in [0.1, 0.15) is 11.5 Å². The molecule has 0 fully saturated rings. The Bertz CT molecular complexity index is 591. The summed E-state index contributed by atoms with van der Waals surface area (Å²) in [6.45, 7) is 0. The first kappa shape index (κ1) is 13.4. The van der Waals surface area contributed by atoms with E-state index in [9.17, 15) is 4.79 Å². The Kier molecular flexibility index (Phi) is 4.07. The first-order valence-electron chi connectivity index (χ1n) is 5.67. The summed E-state index contributed by atoms with van der Waals surface area (Å²) < 4.78 is 10.5. The minimum Gasteiger partial charge on any atom is -0.496 e. The van der Waals surface area contributed by atoms with Crippen LogP contribution in [0.5, 0.6) is 11.5 Å². The highest BCUT2D eigenvalue weighted by molar-refractivity contribution is 6.30. The fourth-order valence-corrected chi connectivity index (χ4v) is 2.07. The molecule has 0 unspecified atom stereocenters. The first-order chi connectivity index (χ1) is 9.21. The van der Waals surface area contributed by atoms with E-state index in [-0.39, 0.29) is 0 Å². The molecular formula is C15H13ClO3. The van der Waals surface area contributed by atoms with Crippen molar-refractivity contribution in [2.75, 3.05) is 14.2 Å². The van der Waals surface area contributed by atoms with Gasteiger partial charge in [0.2, 0.25) is 0 Å². The van der Waals surface area contributed by atoms with Gasteiger partial charge in [-0.15, -0.1) is 0 Å². The number of hydrogen-bond donors (Lipinski definition) is 0. The minimum atomic E-state index is 0.400. The molecule has 0 amide bonds. The van der Waals surface area contributed by atoms with Gasteiger partial charge >= 0.3 is 0 Å². The molecule has 2 aromatic carbocycles. The van der Waals surface area contributed by atoms with Crippen LogP contribution in [0, 0.1) is 0 Å². The van der Waals surface area contributed by atoms with E-state index in [1.165, 1.54) is 14.2 Å². The Morgan fingerprint density at radius 3 is 2.21 bits per heavy atom. The normalized spacial score (nSPS) is 10.1. The van der Waals surface area contributed by atoms with E-state index in [2.05, 4.69) is 0 Å². The molecule has 0 aliphatic heterocycles. The molecule has 98 valence electrons. The summed E-state index contributed by atoms with van der Waals surface area (Å²) in [6.07, 6.45) is 0.733. The molecule has 0 heterocycles. The molecule has 4 heteroatoms. The zero-order valence-electron chi connectivity index (χ0n) is 10.6. The van der Waals surface area contributed by atoms with Gasteiger partial charge in [0.25, 0.3) is 0 Å². The maximum absolute atomic E-state index is 11.2. The van der Waals surface area contributed by atoms with E-state index in [1.807, 2.05) is 18.2 Å². The van der Waals surface area contributed by atoms with Crippen molar-refractivity contribution in [3.8, 4) is 22.6 Å². The number of carbonyl (C=O) groups excluding carboxylic acids is 1. The summed E-state index contributed by atoms with van der Waals surface area (Å²) >= 11 is 5.87. The lowest BCUT2D eigenvalue weighted by molar-refractivity contribution is 0.111. The molecule has 19 heavy (non-hydrogen) atoms. The quantitative estimate of drug-likeness (QED) is 0.796. The third-order valence-electron chi connectivity index (χ3n) is 2.85. The van der Waals surface area contributed by atoms with Crippen molar-refractivity contribution in [1.82, 2.24) is 0 Å². The monoisotopic (exact) mass is 276 g/mol. The smallest absolute Gasteiger partial charge is 0.157 e. The second-order valence-electron chi connectivity index (χ2n) is 3.89. The van der Waals surface area contributed by atoms with Crippen LogP contribution in [0.25, 0.3) is 11.1 Å². The lowest BCUT2D eigenvalue weighted by atomic mass is 10.0. The van der Waals surface area contributed by atoms with E-state index in [4.69, 9.17) is 21.1 Å². The second kappa shape index (κ2) is 5.76. The maximum Gasteiger partial charge on any atom is 0.157 e. The van der Waals surface area contributed by atoms with Crippen molar-refractivity contribution in [3.05, 3.63) is 47.0 Å². The van der Waals surface area contributed by atoms with Crippen LogP contribution in [-0.4, -0.2) is 20.5 Å². The highest BCUT2D eigenvalue weighted by atomic mass is 35.5. The largest absolute Gasteiger partial charge is 0.496 e. The van der Waals surface area contributed by atoms with E-state index < -0.39 is 0 Å². The highest BCUT2D eigenvalue weighted by Gasteiger charge is 2.15. The third kappa shape index (κ3) is 2.56. The molecule has 0 saturated carbocycles. The standard InChI is InChI=1S/C15H13ClO3/c1-18-14-8-7-12(15(19-2)13(14)9-17)10-3-5-11(16)6-4-10/h3-9H,1-2H3. The molecule has 0 radical (unpaired) electrons. The lowest BCUT2D eigenvalue weighted by Crippen LogP contribution is -1.97. The van der Waals surface area contributed by atoms with Gasteiger partial charge in [-0.05, 0) is 29.8 Å². The fraction of sp³-hybridized carbons (Fsp3) is 0.133. The summed E-state index contributed by atoms with van der Waals surface area (Å²) in [6, 6.07) is 10.9. The molecule has 0 atom stereocenters. The fourth-order valence-electron chi connectivity index (χ4n) is 1.95. The van der Waals surface area contributed by atoms with Crippen molar-refractivity contribution in [2.45, 2.75) is 0 Å². The molecule has 0 N–H and O–H groups in total. The molecule has 0 aliphatic carbocycles. The first-order valence-corrected chi connectivity index (χ1v) is 6.05. The Morgan fingerprint density at radius 1 is 1.00 bits per heavy atom. The van der Waals surface area contributed by atoms with Gasteiger partial charge in [0.05, 0.1) is 19.8 Å². The van der Waals surface area contributed by atoms with Crippen LogP contribution in [-0.2, 0) is 0 Å². The number of benzene rings is 2. The Balaban J connectivity index is 2.63. The van der Waals surface area contributed by atoms with Crippen LogP contribution in [0.4, 0.5) is 0 Å². The molecule has 2 rings (SSSR count). The summed E-state index contributed by atoms with van der Waals surface area (Å²) in [5, 5.41) is 0.659. The molecular weight excluding hydrogens is 264 g/mol. The van der Waals surface area contributed by atoms with Gasteiger partial charge in [0.15, 0.2) is 6.29 Å². The van der Waals surface area contributed by atoms with E-state index in [0.717, 1.165) is 17.4 Å². The molecule has 0 aromatic heterocycles. The third-order valence-corrected chi connectivity index (χ3v) is 3.11. The van der Waals surface area contributed by atoms with Gasteiger partial charge in [-0.3, -0.25) is 4.79 Å². The number of aldehydes is 1. The zero-order chi connectivity index (χ0) is 13.8. The Morgan fingerprint density at radius 2 is 1.68 bits per heavy atom. The van der Waals surface area contributed by atoms with Gasteiger partial charge in [-0.2, -0.15) is 0 Å². The van der Waals surface area contributed by atoms with E-state index in [0.29, 0.717) is 22.1 Å². The summed E-state index contributed by atoms with van der Waals surface area (Å²) in [5.74, 6) is 0.987. The van der Waals surface area contributed by atoms with Crippen molar-refractivity contribution in [1.29, 1.82) is 0 Å². The zero-order valence-corrected chi connectivity index (χ0v) is 11.4. The van der Waals surface area contributed by atoms with Crippen molar-refractivity contribution in [2.24, 2.45) is 0 Å². The van der Waals surface area contributed by atoms with Gasteiger partial charge < -0.3 is 9.47 Å². The van der Waals surface area contributed by atoms with Crippen LogP contribution in [0.1, 0.15) is 10.4 Å². The predicted octanol–water partition coefficient (Wildman–Crippen LogP) is 3.84. The molecule has 0 bridgehead atoms. The molecule has 0 aliphatic rings. The van der Waals surface area contributed by atoms with Crippen LogP contribution < -0.4 is 9.47 Å². The number of carbonyl (C=O) groups is 1. The van der Waals surface area contributed by atoms with E-state index >= 15 is 0 Å². The predicted molar refractivity (Wildman–Crippen MR) is 75.4 cm³/mol. The van der Waals surface area contributed by atoms with Crippen molar-refractivity contribution >= 4 is 17.9 Å². The molecule has 2 aromatic rings.